The monoisotopic (exact) mass is 698 g/mol. The number of fused-ring (bicyclic) bond motifs is 3. The molecule has 0 spiro atoms. The van der Waals surface area contributed by atoms with Crippen molar-refractivity contribution < 1.29 is 46.9 Å². The number of carbonyl (C=O) groups excluding carboxylic acids is 4. The number of Topliss-reactive ketones (excluding diaryl/α,β-unsaturated/α-hetero) is 1. The molecule has 4 unspecified atom stereocenters. The number of amides is 2. The van der Waals surface area contributed by atoms with Gasteiger partial charge in [0.2, 0.25) is 11.8 Å². The van der Waals surface area contributed by atoms with Gasteiger partial charge in [-0.3, -0.25) is 24.1 Å². The average Bonchev–Trinajstić information content (AvgIpc) is 3.29. The Morgan fingerprint density at radius 2 is 1.63 bits per heavy atom. The quantitative estimate of drug-likeness (QED) is 0.267. The van der Waals surface area contributed by atoms with Crippen molar-refractivity contribution in [1.29, 1.82) is 0 Å². The van der Waals surface area contributed by atoms with Gasteiger partial charge in [-0.25, -0.2) is 0 Å². The van der Waals surface area contributed by atoms with Gasteiger partial charge in [0.25, 0.3) is 0 Å². The van der Waals surface area contributed by atoms with Crippen LogP contribution in [0.5, 0.6) is 11.5 Å². The Balaban J connectivity index is 1.28. The summed E-state index contributed by atoms with van der Waals surface area (Å²) in [5.74, 6) is -6.48. The molecule has 0 bridgehead atoms. The SMILES string of the molecule is O=C1C=C(Br)C(=O)C2=C1C(c1cc(OC(F)(F)F)ccc1O)C1=CCC3C(=O)N(c4ccc(N5CCOCC5)cc4)C(=O)C3C1C2. The molecule has 7 rings (SSSR count). The van der Waals surface area contributed by atoms with Crippen LogP contribution in [-0.2, 0) is 23.9 Å². The van der Waals surface area contributed by atoms with Crippen molar-refractivity contribution in [3.63, 3.8) is 0 Å². The molecule has 0 radical (unpaired) electrons. The number of imide groups is 1. The summed E-state index contributed by atoms with van der Waals surface area (Å²) in [6.07, 6.45) is -2.10. The minimum Gasteiger partial charge on any atom is -0.508 e. The van der Waals surface area contributed by atoms with Crippen molar-refractivity contribution in [1.82, 2.24) is 0 Å². The van der Waals surface area contributed by atoms with Crippen molar-refractivity contribution >= 4 is 50.7 Å². The summed E-state index contributed by atoms with van der Waals surface area (Å²) in [7, 11) is 0. The van der Waals surface area contributed by atoms with Crippen LogP contribution < -0.4 is 14.5 Å². The van der Waals surface area contributed by atoms with Gasteiger partial charge in [0.15, 0.2) is 11.6 Å². The maximum absolute atomic E-state index is 14.2. The number of anilines is 2. The highest BCUT2D eigenvalue weighted by atomic mass is 79.9. The van der Waals surface area contributed by atoms with Crippen LogP contribution in [0.2, 0.25) is 0 Å². The molecule has 2 fully saturated rings. The fourth-order valence-electron chi connectivity index (χ4n) is 7.41. The molecule has 2 amide bonds. The molecule has 5 aliphatic rings. The van der Waals surface area contributed by atoms with Crippen LogP contribution >= 0.6 is 15.9 Å². The molecule has 0 saturated carbocycles. The van der Waals surface area contributed by atoms with E-state index < -0.39 is 64.9 Å². The number of phenols is 1. The first-order valence-electron chi connectivity index (χ1n) is 14.7. The summed E-state index contributed by atoms with van der Waals surface area (Å²) in [6.45, 7) is 2.63. The summed E-state index contributed by atoms with van der Waals surface area (Å²) in [4.78, 5) is 58.1. The Kier molecular flexibility index (Phi) is 7.43. The van der Waals surface area contributed by atoms with E-state index in [9.17, 15) is 37.5 Å². The van der Waals surface area contributed by atoms with Gasteiger partial charge in [0.05, 0.1) is 35.2 Å². The van der Waals surface area contributed by atoms with Crippen LogP contribution in [0.4, 0.5) is 24.5 Å². The minimum absolute atomic E-state index is 0.00368. The molecule has 46 heavy (non-hydrogen) atoms. The Morgan fingerprint density at radius 1 is 0.935 bits per heavy atom. The molecule has 2 saturated heterocycles. The highest BCUT2D eigenvalue weighted by Gasteiger charge is 2.57. The molecular formula is C33H26BrF3N2O7. The average molecular weight is 699 g/mol. The second-order valence-electron chi connectivity index (χ2n) is 11.8. The van der Waals surface area contributed by atoms with Gasteiger partial charge in [-0.15, -0.1) is 13.2 Å². The Morgan fingerprint density at radius 3 is 2.33 bits per heavy atom. The second-order valence-corrected chi connectivity index (χ2v) is 12.6. The predicted molar refractivity (Wildman–Crippen MR) is 161 cm³/mol. The van der Waals surface area contributed by atoms with E-state index in [0.29, 0.717) is 37.6 Å². The maximum atomic E-state index is 14.2. The van der Waals surface area contributed by atoms with Gasteiger partial charge in [-0.1, -0.05) is 11.6 Å². The summed E-state index contributed by atoms with van der Waals surface area (Å²) in [6, 6.07) is 10.1. The Bertz CT molecular complexity index is 1780. The van der Waals surface area contributed by atoms with E-state index in [4.69, 9.17) is 4.74 Å². The van der Waals surface area contributed by atoms with Crippen LogP contribution in [0, 0.1) is 17.8 Å². The fraction of sp³-hybridized carbons (Fsp3) is 0.333. The third-order valence-corrected chi connectivity index (χ3v) is 9.95. The zero-order valence-corrected chi connectivity index (χ0v) is 25.6. The number of hydrogen-bond acceptors (Lipinski definition) is 8. The molecule has 4 atom stereocenters. The lowest BCUT2D eigenvalue weighted by molar-refractivity contribution is -0.274. The number of nitrogens with zero attached hydrogens (tertiary/aromatic N) is 2. The predicted octanol–water partition coefficient (Wildman–Crippen LogP) is 5.09. The molecule has 0 aromatic heterocycles. The minimum atomic E-state index is -5.02. The maximum Gasteiger partial charge on any atom is 0.573 e. The van der Waals surface area contributed by atoms with E-state index in [1.807, 2.05) is 12.1 Å². The first-order chi connectivity index (χ1) is 21.9. The molecule has 238 valence electrons. The number of rotatable bonds is 4. The van der Waals surface area contributed by atoms with Crippen molar-refractivity contribution in [2.45, 2.75) is 25.1 Å². The van der Waals surface area contributed by atoms with Crippen LogP contribution in [0.15, 0.2) is 75.8 Å². The highest BCUT2D eigenvalue weighted by molar-refractivity contribution is 9.12. The molecule has 9 nitrogen and oxygen atoms in total. The number of ether oxygens (including phenoxy) is 2. The lowest BCUT2D eigenvalue weighted by Gasteiger charge is -2.42. The number of halogens is 4. The topological polar surface area (TPSA) is 113 Å². The molecule has 2 aromatic rings. The van der Waals surface area contributed by atoms with Gasteiger partial charge in [0, 0.05) is 47.5 Å². The van der Waals surface area contributed by atoms with Crippen molar-refractivity contribution in [3.05, 3.63) is 81.4 Å². The van der Waals surface area contributed by atoms with E-state index in [1.165, 1.54) is 0 Å². The number of benzene rings is 2. The molecule has 3 aliphatic carbocycles. The normalized spacial score (nSPS) is 26.4. The molecule has 2 aromatic carbocycles. The molecule has 1 N–H and O–H groups in total. The first-order valence-corrected chi connectivity index (χ1v) is 15.5. The third kappa shape index (κ3) is 5.05. The van der Waals surface area contributed by atoms with Crippen LogP contribution in [0.25, 0.3) is 0 Å². The number of ketones is 2. The van der Waals surface area contributed by atoms with Gasteiger partial charge in [-0.05, 0) is 77.2 Å². The van der Waals surface area contributed by atoms with E-state index in [1.54, 1.807) is 18.2 Å². The number of carbonyl (C=O) groups is 4. The lowest BCUT2D eigenvalue weighted by atomic mass is 9.59. The number of allylic oxidation sites excluding steroid dienone is 6. The lowest BCUT2D eigenvalue weighted by Crippen LogP contribution is -2.39. The van der Waals surface area contributed by atoms with Crippen LogP contribution in [-0.4, -0.2) is 61.2 Å². The Hall–Kier alpha value is -4.23. The number of hydrogen-bond donors (Lipinski definition) is 1. The van der Waals surface area contributed by atoms with E-state index in [2.05, 4.69) is 25.6 Å². The summed E-state index contributed by atoms with van der Waals surface area (Å²) < 4.78 is 48.9. The number of aromatic hydroxyl groups is 1. The largest absolute Gasteiger partial charge is 0.573 e. The Labute approximate surface area is 269 Å². The van der Waals surface area contributed by atoms with Crippen molar-refractivity contribution in [2.24, 2.45) is 17.8 Å². The van der Waals surface area contributed by atoms with Gasteiger partial charge >= 0.3 is 6.36 Å². The summed E-state index contributed by atoms with van der Waals surface area (Å²) >= 11 is 3.14. The highest BCUT2D eigenvalue weighted by Crippen LogP contribution is 2.57. The van der Waals surface area contributed by atoms with Crippen molar-refractivity contribution in [2.75, 3.05) is 36.1 Å². The van der Waals surface area contributed by atoms with E-state index >= 15 is 0 Å². The summed E-state index contributed by atoms with van der Waals surface area (Å²) in [5.41, 5.74) is 1.83. The zero-order valence-electron chi connectivity index (χ0n) is 24.1. The summed E-state index contributed by atoms with van der Waals surface area (Å²) in [5, 5.41) is 10.9. The van der Waals surface area contributed by atoms with Crippen LogP contribution in [0.1, 0.15) is 24.3 Å². The molecular weight excluding hydrogens is 673 g/mol. The van der Waals surface area contributed by atoms with E-state index in [-0.39, 0.29) is 34.0 Å². The molecule has 2 heterocycles. The number of alkyl halides is 3. The molecule has 2 aliphatic heterocycles. The van der Waals surface area contributed by atoms with Crippen molar-refractivity contribution in [3.8, 4) is 11.5 Å². The number of phenolic OH excluding ortho intramolecular Hbond substituents is 1. The first kappa shape index (κ1) is 30.4. The van der Waals surface area contributed by atoms with E-state index in [0.717, 1.165) is 34.9 Å². The van der Waals surface area contributed by atoms with Crippen LogP contribution in [0.3, 0.4) is 0 Å². The molecule has 13 heteroatoms. The third-order valence-electron chi connectivity index (χ3n) is 9.36. The standard InChI is InChI=1S/C33H26BrF3N2O7/c34-24-15-26(41)29-23(30(24)42)14-21-19(27(29)22-13-18(5-8-25(22)40)46-33(35,36)37)6-7-20-28(21)32(44)39(31(20)43)17-3-1-16(2-4-17)38-9-11-45-12-10-38/h1-6,8,13,15,20-21,27-28,40H,7,9-12,14H2. The smallest absolute Gasteiger partial charge is 0.508 e. The number of morpholine rings is 1. The van der Waals surface area contributed by atoms with Gasteiger partial charge in [-0.2, -0.15) is 0 Å². The second kappa shape index (κ2) is 11.2. The zero-order chi connectivity index (χ0) is 32.5. The fourth-order valence-corrected chi connectivity index (χ4v) is 7.86. The van der Waals surface area contributed by atoms with Gasteiger partial charge in [0.1, 0.15) is 11.5 Å². The van der Waals surface area contributed by atoms with Gasteiger partial charge < -0.3 is 19.5 Å².